The van der Waals surface area contributed by atoms with Gasteiger partial charge in [-0.05, 0) is 43.8 Å². The van der Waals surface area contributed by atoms with Crippen molar-refractivity contribution in [3.8, 4) is 0 Å². The molecule has 0 aromatic rings. The van der Waals surface area contributed by atoms with Crippen molar-refractivity contribution >= 4 is 41.3 Å². The first-order valence-electron chi connectivity index (χ1n) is 5.41. The number of unbranched alkanes of at least 4 members (excludes halogenated alkanes) is 1. The zero-order chi connectivity index (χ0) is 12.4. The van der Waals surface area contributed by atoms with Crippen molar-refractivity contribution < 1.29 is 9.90 Å². The lowest BCUT2D eigenvalue weighted by Crippen LogP contribution is -2.20. The molecular formula is C11H22O2S3. The quantitative estimate of drug-likeness (QED) is 0.487. The molecule has 0 aromatic carbocycles. The fourth-order valence-electron chi connectivity index (χ4n) is 1.54. The molecule has 0 radical (unpaired) electrons. The van der Waals surface area contributed by atoms with Crippen LogP contribution in [-0.4, -0.2) is 39.7 Å². The average Bonchev–Trinajstić information content (AvgIpc) is 2.29. The van der Waals surface area contributed by atoms with Gasteiger partial charge in [0.2, 0.25) is 0 Å². The third-order valence-corrected chi connectivity index (χ3v) is 6.55. The highest BCUT2D eigenvalue weighted by Crippen LogP contribution is 2.42. The lowest BCUT2D eigenvalue weighted by molar-refractivity contribution is -0.137. The Kier molecular flexibility index (Phi) is 9.85. The average molecular weight is 282 g/mol. The van der Waals surface area contributed by atoms with Crippen molar-refractivity contribution in [3.63, 3.8) is 0 Å². The summed E-state index contributed by atoms with van der Waals surface area (Å²) in [5.41, 5.74) is 0. The van der Waals surface area contributed by atoms with Gasteiger partial charge in [-0.15, -0.1) is 23.5 Å². The Balaban J connectivity index is 3.95. The summed E-state index contributed by atoms with van der Waals surface area (Å²) >= 11 is 5.72. The molecule has 16 heavy (non-hydrogen) atoms. The molecule has 0 rings (SSSR count). The molecule has 5 heteroatoms. The summed E-state index contributed by atoms with van der Waals surface area (Å²) in [6.45, 7) is 0. The third-order valence-electron chi connectivity index (χ3n) is 2.63. The van der Waals surface area contributed by atoms with Gasteiger partial charge in [-0.3, -0.25) is 4.79 Å². The van der Waals surface area contributed by atoms with Gasteiger partial charge in [0, 0.05) is 6.42 Å². The molecule has 0 saturated heterocycles. The maximum atomic E-state index is 10.4. The molecule has 0 aliphatic heterocycles. The Labute approximate surface area is 112 Å². The second-order valence-corrected chi connectivity index (χ2v) is 7.29. The second kappa shape index (κ2) is 9.54. The van der Waals surface area contributed by atoms with Crippen molar-refractivity contribution in [3.05, 3.63) is 0 Å². The minimum atomic E-state index is -0.678. The number of rotatable bonds is 10. The molecule has 0 heterocycles. The predicted molar refractivity (Wildman–Crippen MR) is 78.9 cm³/mol. The molecule has 96 valence electrons. The second-order valence-electron chi connectivity index (χ2n) is 3.66. The molecule has 0 atom stereocenters. The smallest absolute Gasteiger partial charge is 0.303 e. The summed E-state index contributed by atoms with van der Waals surface area (Å²) in [5.74, 6) is 0.503. The summed E-state index contributed by atoms with van der Waals surface area (Å²) < 4.78 is 0.293. The molecule has 0 saturated carbocycles. The molecule has 0 unspecified atom stereocenters. The van der Waals surface area contributed by atoms with Crippen LogP contribution in [-0.2, 0) is 4.79 Å². The molecule has 1 N–H and O–H groups in total. The normalized spacial score (nSPS) is 11.7. The number of thioether (sulfide) groups is 3. The van der Waals surface area contributed by atoms with Gasteiger partial charge in [0.1, 0.15) is 0 Å². The Morgan fingerprint density at radius 3 is 2.19 bits per heavy atom. The largest absolute Gasteiger partial charge is 0.481 e. The molecular weight excluding hydrogens is 260 g/mol. The van der Waals surface area contributed by atoms with E-state index >= 15 is 0 Å². The number of hydrogen-bond donors (Lipinski definition) is 1. The van der Waals surface area contributed by atoms with E-state index in [1.54, 1.807) is 0 Å². The van der Waals surface area contributed by atoms with Crippen LogP contribution in [0.15, 0.2) is 0 Å². The van der Waals surface area contributed by atoms with E-state index in [1.807, 2.05) is 35.3 Å². The van der Waals surface area contributed by atoms with Gasteiger partial charge in [0.15, 0.2) is 0 Å². The molecule has 0 fully saturated rings. The van der Waals surface area contributed by atoms with Crippen LogP contribution in [0, 0.1) is 0 Å². The van der Waals surface area contributed by atoms with Gasteiger partial charge in [0.25, 0.3) is 0 Å². The van der Waals surface area contributed by atoms with Gasteiger partial charge in [-0.2, -0.15) is 11.8 Å². The van der Waals surface area contributed by atoms with E-state index in [0.717, 1.165) is 19.3 Å². The van der Waals surface area contributed by atoms with Crippen LogP contribution < -0.4 is 0 Å². The summed E-state index contributed by atoms with van der Waals surface area (Å²) in [6, 6.07) is 0. The van der Waals surface area contributed by atoms with Crippen LogP contribution in [0.4, 0.5) is 0 Å². The SMILES string of the molecule is CSCCC(CCCCC(=O)O)(SC)SC. The maximum absolute atomic E-state index is 10.4. The summed E-state index contributed by atoms with van der Waals surface area (Å²) in [7, 11) is 0. The first kappa shape index (κ1) is 16.5. The highest BCUT2D eigenvalue weighted by Gasteiger charge is 2.26. The molecule has 0 bridgehead atoms. The predicted octanol–water partition coefficient (Wildman–Crippen LogP) is 3.81. The summed E-state index contributed by atoms with van der Waals surface area (Å²) in [4.78, 5) is 10.4. The van der Waals surface area contributed by atoms with Crippen LogP contribution in [0.25, 0.3) is 0 Å². The first-order chi connectivity index (χ1) is 7.60. The van der Waals surface area contributed by atoms with Crippen molar-refractivity contribution in [2.24, 2.45) is 0 Å². The van der Waals surface area contributed by atoms with Crippen molar-refractivity contribution in [2.45, 2.75) is 36.2 Å². The van der Waals surface area contributed by atoms with Crippen molar-refractivity contribution in [1.29, 1.82) is 0 Å². The minimum Gasteiger partial charge on any atom is -0.481 e. The Hall–Kier alpha value is 0.520. The van der Waals surface area contributed by atoms with Gasteiger partial charge in [-0.1, -0.05) is 6.42 Å². The molecule has 0 amide bonds. The zero-order valence-electron chi connectivity index (χ0n) is 10.3. The summed E-state index contributed by atoms with van der Waals surface area (Å²) in [6.07, 6.45) is 10.9. The molecule has 2 nitrogen and oxygen atoms in total. The summed E-state index contributed by atoms with van der Waals surface area (Å²) in [5, 5.41) is 8.58. The van der Waals surface area contributed by atoms with Crippen LogP contribution >= 0.6 is 35.3 Å². The number of carbonyl (C=O) groups is 1. The molecule has 0 spiro atoms. The minimum absolute atomic E-state index is 0.293. The molecule has 0 aliphatic carbocycles. The monoisotopic (exact) mass is 282 g/mol. The van der Waals surface area contributed by atoms with Gasteiger partial charge in [-0.25, -0.2) is 0 Å². The Bertz CT molecular complexity index is 194. The fourth-order valence-corrected chi connectivity index (χ4v) is 4.33. The van der Waals surface area contributed by atoms with E-state index in [2.05, 4.69) is 18.8 Å². The highest BCUT2D eigenvalue weighted by atomic mass is 32.2. The first-order valence-corrected chi connectivity index (χ1v) is 9.25. The fraction of sp³-hybridized carbons (Fsp3) is 0.909. The topological polar surface area (TPSA) is 37.3 Å². The lowest BCUT2D eigenvalue weighted by atomic mass is 10.1. The standard InChI is InChI=1S/C11H22O2S3/c1-14-9-8-11(15-2,16-3)7-5-4-6-10(12)13/h4-9H2,1-3H3,(H,12,13). The van der Waals surface area contributed by atoms with Crippen LogP contribution in [0.2, 0.25) is 0 Å². The van der Waals surface area contributed by atoms with Gasteiger partial charge >= 0.3 is 5.97 Å². The molecule has 0 aliphatic rings. The molecule has 0 aromatic heterocycles. The highest BCUT2D eigenvalue weighted by molar-refractivity contribution is 8.17. The van der Waals surface area contributed by atoms with E-state index in [0.29, 0.717) is 10.5 Å². The van der Waals surface area contributed by atoms with Gasteiger partial charge in [0.05, 0.1) is 4.08 Å². The number of hydrogen-bond acceptors (Lipinski definition) is 4. The van der Waals surface area contributed by atoms with Crippen LogP contribution in [0.3, 0.4) is 0 Å². The lowest BCUT2D eigenvalue weighted by Gasteiger charge is -2.30. The van der Waals surface area contributed by atoms with E-state index in [9.17, 15) is 4.79 Å². The Morgan fingerprint density at radius 2 is 1.75 bits per heavy atom. The van der Waals surface area contributed by atoms with E-state index in [4.69, 9.17) is 5.11 Å². The Morgan fingerprint density at radius 1 is 1.12 bits per heavy atom. The third kappa shape index (κ3) is 6.97. The van der Waals surface area contributed by atoms with Crippen molar-refractivity contribution in [1.82, 2.24) is 0 Å². The van der Waals surface area contributed by atoms with Crippen LogP contribution in [0.5, 0.6) is 0 Å². The maximum Gasteiger partial charge on any atom is 0.303 e. The van der Waals surface area contributed by atoms with Crippen LogP contribution in [0.1, 0.15) is 32.1 Å². The zero-order valence-corrected chi connectivity index (χ0v) is 12.8. The van der Waals surface area contributed by atoms with E-state index in [-0.39, 0.29) is 0 Å². The van der Waals surface area contributed by atoms with Gasteiger partial charge < -0.3 is 5.11 Å². The van der Waals surface area contributed by atoms with E-state index < -0.39 is 5.97 Å². The number of carboxylic acid groups (broad SMARTS) is 1. The van der Waals surface area contributed by atoms with Crippen molar-refractivity contribution in [2.75, 3.05) is 24.5 Å². The number of carboxylic acids is 1. The number of aliphatic carboxylic acids is 1. The van der Waals surface area contributed by atoms with E-state index in [1.165, 1.54) is 12.2 Å².